The molecule has 2 fully saturated rings. The van der Waals surface area contributed by atoms with Crippen molar-refractivity contribution in [2.75, 3.05) is 13.1 Å². The van der Waals surface area contributed by atoms with Crippen LogP contribution in [0.15, 0.2) is 29.2 Å². The third kappa shape index (κ3) is 4.42. The highest BCUT2D eigenvalue weighted by Gasteiger charge is 2.43. The van der Waals surface area contributed by atoms with Crippen molar-refractivity contribution in [1.82, 2.24) is 15.4 Å². The predicted molar refractivity (Wildman–Crippen MR) is 96.6 cm³/mol. The van der Waals surface area contributed by atoms with Crippen LogP contribution in [-0.2, 0) is 14.8 Å². The van der Waals surface area contributed by atoms with Crippen LogP contribution in [0.1, 0.15) is 44.9 Å². The molecule has 8 heteroatoms. The summed E-state index contributed by atoms with van der Waals surface area (Å²) in [5.74, 6) is -0.894. The summed E-state index contributed by atoms with van der Waals surface area (Å²) in [6.45, 7) is 1.63. The Labute approximate surface area is 154 Å². The van der Waals surface area contributed by atoms with Gasteiger partial charge in [0.25, 0.3) is 0 Å². The molecule has 0 unspecified atom stereocenters. The number of carbonyl (C=O) groups excluding carboxylic acids is 1. The lowest BCUT2D eigenvalue weighted by Crippen LogP contribution is -2.62. The normalized spacial score (nSPS) is 23.3. The van der Waals surface area contributed by atoms with Crippen LogP contribution < -0.4 is 15.4 Å². The number of sulfonamides is 1. The van der Waals surface area contributed by atoms with Gasteiger partial charge in [-0.3, -0.25) is 4.79 Å². The zero-order valence-corrected chi connectivity index (χ0v) is 15.6. The van der Waals surface area contributed by atoms with Gasteiger partial charge in [-0.05, 0) is 50.4 Å². The summed E-state index contributed by atoms with van der Waals surface area (Å²) in [5.41, 5.74) is -1.17. The molecule has 1 saturated carbocycles. The number of nitrogens with one attached hydrogen (secondary N) is 3. The summed E-state index contributed by atoms with van der Waals surface area (Å²) in [7, 11) is -3.99. The minimum atomic E-state index is -3.99. The van der Waals surface area contributed by atoms with Crippen LogP contribution in [0.3, 0.4) is 0 Å². The Balaban J connectivity index is 1.81. The second kappa shape index (κ2) is 8.02. The van der Waals surface area contributed by atoms with Crippen LogP contribution >= 0.6 is 0 Å². The highest BCUT2D eigenvalue weighted by atomic mass is 32.2. The number of amides is 1. The van der Waals surface area contributed by atoms with E-state index in [0.29, 0.717) is 19.4 Å². The first-order valence-corrected chi connectivity index (χ1v) is 10.7. The Bertz CT molecular complexity index is 742. The summed E-state index contributed by atoms with van der Waals surface area (Å²) in [4.78, 5) is 12.9. The summed E-state index contributed by atoms with van der Waals surface area (Å²) >= 11 is 0. The Morgan fingerprint density at radius 3 is 2.62 bits per heavy atom. The topological polar surface area (TPSA) is 87.3 Å². The number of benzene rings is 1. The minimum Gasteiger partial charge on any atom is -0.350 e. The predicted octanol–water partition coefficient (Wildman–Crippen LogP) is 1.68. The van der Waals surface area contributed by atoms with Crippen LogP contribution in [0.4, 0.5) is 4.39 Å². The van der Waals surface area contributed by atoms with Gasteiger partial charge >= 0.3 is 0 Å². The number of rotatable bonds is 5. The van der Waals surface area contributed by atoms with E-state index in [4.69, 9.17) is 0 Å². The lowest BCUT2D eigenvalue weighted by molar-refractivity contribution is -0.129. The summed E-state index contributed by atoms with van der Waals surface area (Å²) in [6.07, 6.45) is 5.30. The lowest BCUT2D eigenvalue weighted by Gasteiger charge is -2.38. The second-order valence-corrected chi connectivity index (χ2v) is 8.90. The Hall–Kier alpha value is -1.51. The Kier molecular flexibility index (Phi) is 5.94. The fourth-order valence-electron chi connectivity index (χ4n) is 3.78. The van der Waals surface area contributed by atoms with Gasteiger partial charge in [-0.15, -0.1) is 0 Å². The molecule has 1 aromatic rings. The second-order valence-electron chi connectivity index (χ2n) is 7.22. The monoisotopic (exact) mass is 383 g/mol. The molecule has 0 bridgehead atoms. The van der Waals surface area contributed by atoms with E-state index in [2.05, 4.69) is 15.4 Å². The summed E-state index contributed by atoms with van der Waals surface area (Å²) < 4.78 is 41.6. The minimum absolute atomic E-state index is 0.00808. The molecule has 1 aromatic carbocycles. The molecule has 3 rings (SSSR count). The fourth-order valence-corrected chi connectivity index (χ4v) is 5.23. The third-order valence-electron chi connectivity index (χ3n) is 5.21. The third-order valence-corrected chi connectivity index (χ3v) is 6.74. The SMILES string of the molecule is O=C(N[C@H]1CCCNC1)C1(NS(=O)(=O)c2cccc(F)c2)CCCCC1. The van der Waals surface area contributed by atoms with Crippen LogP contribution in [0.25, 0.3) is 0 Å². The molecule has 1 aliphatic heterocycles. The van der Waals surface area contributed by atoms with Gasteiger partial charge in [0, 0.05) is 12.6 Å². The van der Waals surface area contributed by atoms with Gasteiger partial charge in [-0.2, -0.15) is 4.72 Å². The summed E-state index contributed by atoms with van der Waals surface area (Å²) in [6, 6.07) is 4.87. The molecule has 144 valence electrons. The molecule has 2 aliphatic rings. The van der Waals surface area contributed by atoms with Gasteiger partial charge in [-0.25, -0.2) is 12.8 Å². The number of halogens is 1. The number of hydrogen-bond donors (Lipinski definition) is 3. The van der Waals surface area contributed by atoms with E-state index < -0.39 is 21.4 Å². The van der Waals surface area contributed by atoms with E-state index in [0.717, 1.165) is 44.7 Å². The Morgan fingerprint density at radius 1 is 1.19 bits per heavy atom. The van der Waals surface area contributed by atoms with E-state index in [9.17, 15) is 17.6 Å². The van der Waals surface area contributed by atoms with Crippen LogP contribution in [0, 0.1) is 5.82 Å². The molecule has 1 saturated heterocycles. The highest BCUT2D eigenvalue weighted by molar-refractivity contribution is 7.89. The molecule has 1 atom stereocenters. The van der Waals surface area contributed by atoms with Gasteiger partial charge in [0.05, 0.1) is 4.90 Å². The van der Waals surface area contributed by atoms with Crippen LogP contribution in [0.5, 0.6) is 0 Å². The van der Waals surface area contributed by atoms with Crippen molar-refractivity contribution in [3.05, 3.63) is 30.1 Å². The van der Waals surface area contributed by atoms with Crippen molar-refractivity contribution in [1.29, 1.82) is 0 Å². The number of carbonyl (C=O) groups is 1. The molecule has 26 heavy (non-hydrogen) atoms. The molecule has 3 N–H and O–H groups in total. The Morgan fingerprint density at radius 2 is 1.96 bits per heavy atom. The maximum absolute atomic E-state index is 13.5. The zero-order chi connectivity index (χ0) is 18.6. The largest absolute Gasteiger partial charge is 0.350 e. The maximum Gasteiger partial charge on any atom is 0.241 e. The average Bonchev–Trinajstić information content (AvgIpc) is 2.63. The van der Waals surface area contributed by atoms with E-state index in [1.54, 1.807) is 0 Å². The van der Waals surface area contributed by atoms with Crippen molar-refractivity contribution in [3.8, 4) is 0 Å². The molecule has 1 heterocycles. The first kappa shape index (κ1) is 19.3. The van der Waals surface area contributed by atoms with Crippen molar-refractivity contribution in [2.45, 2.75) is 61.4 Å². The van der Waals surface area contributed by atoms with Crippen molar-refractivity contribution >= 4 is 15.9 Å². The molecule has 0 spiro atoms. The molecule has 6 nitrogen and oxygen atoms in total. The van der Waals surface area contributed by atoms with Crippen molar-refractivity contribution in [3.63, 3.8) is 0 Å². The van der Waals surface area contributed by atoms with E-state index in [1.807, 2.05) is 0 Å². The first-order chi connectivity index (χ1) is 12.4. The molecular formula is C18H26FN3O3S. The van der Waals surface area contributed by atoms with Crippen molar-refractivity contribution in [2.24, 2.45) is 0 Å². The van der Waals surface area contributed by atoms with Crippen molar-refractivity contribution < 1.29 is 17.6 Å². The van der Waals surface area contributed by atoms with Gasteiger partial charge in [0.2, 0.25) is 15.9 Å². The maximum atomic E-state index is 13.5. The lowest BCUT2D eigenvalue weighted by atomic mass is 9.81. The highest BCUT2D eigenvalue weighted by Crippen LogP contribution is 2.30. The van der Waals surface area contributed by atoms with Gasteiger partial charge in [0.15, 0.2) is 0 Å². The first-order valence-electron chi connectivity index (χ1n) is 9.23. The number of hydrogen-bond acceptors (Lipinski definition) is 4. The standard InChI is InChI=1S/C18H26FN3O3S/c19-14-6-4-8-16(12-14)26(24,25)22-18(9-2-1-3-10-18)17(23)21-15-7-5-11-20-13-15/h4,6,8,12,15,20,22H,1-3,5,7,9-11,13H2,(H,21,23)/t15-/m0/s1. The van der Waals surface area contributed by atoms with E-state index in [-0.39, 0.29) is 16.8 Å². The number of piperidine rings is 1. The molecule has 1 amide bonds. The quantitative estimate of drug-likeness (QED) is 0.722. The smallest absolute Gasteiger partial charge is 0.241 e. The molecule has 0 aromatic heterocycles. The van der Waals surface area contributed by atoms with Gasteiger partial charge in [-0.1, -0.05) is 25.3 Å². The molecular weight excluding hydrogens is 357 g/mol. The van der Waals surface area contributed by atoms with E-state index in [1.165, 1.54) is 18.2 Å². The van der Waals surface area contributed by atoms with Gasteiger partial charge < -0.3 is 10.6 Å². The van der Waals surface area contributed by atoms with Gasteiger partial charge in [0.1, 0.15) is 11.4 Å². The zero-order valence-electron chi connectivity index (χ0n) is 14.8. The average molecular weight is 383 g/mol. The van der Waals surface area contributed by atoms with E-state index >= 15 is 0 Å². The molecule has 1 aliphatic carbocycles. The van der Waals surface area contributed by atoms with Crippen LogP contribution in [0.2, 0.25) is 0 Å². The van der Waals surface area contributed by atoms with Crippen LogP contribution in [-0.4, -0.2) is 39.0 Å². The summed E-state index contributed by atoms with van der Waals surface area (Å²) in [5, 5.41) is 6.25. The molecule has 0 radical (unpaired) electrons. The fraction of sp³-hybridized carbons (Fsp3) is 0.611.